The molecule has 0 fully saturated rings. The summed E-state index contributed by atoms with van der Waals surface area (Å²) >= 11 is 1.53. The van der Waals surface area contributed by atoms with Gasteiger partial charge in [-0.25, -0.2) is 4.98 Å². The molecule has 4 heteroatoms. The zero-order valence-corrected chi connectivity index (χ0v) is 10.9. The van der Waals surface area contributed by atoms with Crippen molar-refractivity contribution in [2.75, 3.05) is 7.11 Å². The van der Waals surface area contributed by atoms with E-state index in [1.165, 1.54) is 11.3 Å². The molecule has 1 unspecified atom stereocenters. The van der Waals surface area contributed by atoms with Crippen LogP contribution in [0.25, 0.3) is 11.3 Å². The summed E-state index contributed by atoms with van der Waals surface area (Å²) in [4.78, 5) is 5.57. The summed E-state index contributed by atoms with van der Waals surface area (Å²) < 4.78 is 5.20. The van der Waals surface area contributed by atoms with Gasteiger partial charge in [-0.15, -0.1) is 11.3 Å². The molecule has 90 valence electrons. The van der Waals surface area contributed by atoms with Gasteiger partial charge in [0.2, 0.25) is 0 Å². The van der Waals surface area contributed by atoms with E-state index in [9.17, 15) is 5.11 Å². The van der Waals surface area contributed by atoms with Crippen LogP contribution in [0.4, 0.5) is 0 Å². The van der Waals surface area contributed by atoms with E-state index < -0.39 is 6.10 Å². The van der Waals surface area contributed by atoms with Crippen LogP contribution in [-0.2, 0) is 0 Å². The summed E-state index contributed by atoms with van der Waals surface area (Å²) in [5.74, 6) is 0.813. The van der Waals surface area contributed by atoms with Gasteiger partial charge in [0.1, 0.15) is 16.9 Å². The minimum Gasteiger partial charge on any atom is -0.497 e. The molecule has 1 heterocycles. The molecule has 2 aromatic rings. The molecule has 0 saturated carbocycles. The van der Waals surface area contributed by atoms with Crippen LogP contribution in [0.3, 0.4) is 0 Å². The Hall–Kier alpha value is -1.39. The first-order chi connectivity index (χ1) is 8.11. The fourth-order valence-electron chi connectivity index (χ4n) is 1.63. The molecule has 0 spiro atoms. The number of aliphatic hydroxyl groups excluding tert-OH is 1. The third-order valence-electron chi connectivity index (χ3n) is 2.51. The van der Waals surface area contributed by atoms with Crippen LogP contribution < -0.4 is 4.74 Å². The molecule has 0 aliphatic heterocycles. The highest BCUT2D eigenvalue weighted by Gasteiger charge is 2.13. The quantitative estimate of drug-likeness (QED) is 0.908. The Morgan fingerprint density at radius 2 is 2.18 bits per heavy atom. The maximum absolute atomic E-state index is 9.53. The molecule has 1 aromatic heterocycles. The van der Waals surface area contributed by atoms with Gasteiger partial charge in [0.25, 0.3) is 0 Å². The average Bonchev–Trinajstić information content (AvgIpc) is 2.72. The number of methoxy groups -OCH3 is 1. The summed E-state index contributed by atoms with van der Waals surface area (Å²) in [6.07, 6.45) is -0.516. The Morgan fingerprint density at radius 1 is 1.41 bits per heavy atom. The molecule has 17 heavy (non-hydrogen) atoms. The van der Waals surface area contributed by atoms with E-state index in [-0.39, 0.29) is 0 Å². The van der Waals surface area contributed by atoms with Crippen molar-refractivity contribution in [3.05, 3.63) is 34.2 Å². The third kappa shape index (κ3) is 2.48. The number of hydrogen-bond donors (Lipinski definition) is 1. The number of benzene rings is 1. The number of rotatable bonds is 3. The Bertz CT molecular complexity index is 520. The summed E-state index contributed by atoms with van der Waals surface area (Å²) in [6, 6.07) is 7.79. The van der Waals surface area contributed by atoms with Gasteiger partial charge in [-0.05, 0) is 26.0 Å². The maximum Gasteiger partial charge on any atom is 0.122 e. The van der Waals surface area contributed by atoms with Crippen molar-refractivity contribution in [2.45, 2.75) is 20.0 Å². The number of ether oxygens (including phenoxy) is 1. The number of aryl methyl sites for hydroxylation is 1. The highest BCUT2D eigenvalue weighted by molar-refractivity contribution is 7.12. The summed E-state index contributed by atoms with van der Waals surface area (Å²) in [7, 11) is 1.65. The monoisotopic (exact) mass is 249 g/mol. The first-order valence-corrected chi connectivity index (χ1v) is 6.23. The van der Waals surface area contributed by atoms with Crippen LogP contribution in [0.15, 0.2) is 24.3 Å². The molecule has 0 radical (unpaired) electrons. The van der Waals surface area contributed by atoms with Crippen LogP contribution in [0.2, 0.25) is 0 Å². The standard InChI is InChI=1S/C13H15NO2S/c1-8(15)13-14-12(9(2)17-13)10-5-4-6-11(7-10)16-3/h4-8,15H,1-3H3. The van der Waals surface area contributed by atoms with E-state index in [0.29, 0.717) is 0 Å². The van der Waals surface area contributed by atoms with Gasteiger partial charge in [0, 0.05) is 10.4 Å². The largest absolute Gasteiger partial charge is 0.497 e. The smallest absolute Gasteiger partial charge is 0.122 e. The van der Waals surface area contributed by atoms with Crippen molar-refractivity contribution in [1.82, 2.24) is 4.98 Å². The van der Waals surface area contributed by atoms with Crippen molar-refractivity contribution in [3.63, 3.8) is 0 Å². The van der Waals surface area contributed by atoms with Crippen molar-refractivity contribution in [1.29, 1.82) is 0 Å². The van der Waals surface area contributed by atoms with Gasteiger partial charge in [-0.2, -0.15) is 0 Å². The van der Waals surface area contributed by atoms with Crippen LogP contribution in [-0.4, -0.2) is 17.2 Å². The molecule has 1 N–H and O–H groups in total. The molecule has 0 bridgehead atoms. The molecule has 2 rings (SSSR count). The first-order valence-electron chi connectivity index (χ1n) is 5.41. The topological polar surface area (TPSA) is 42.4 Å². The van der Waals surface area contributed by atoms with Crippen molar-refractivity contribution < 1.29 is 9.84 Å². The number of aromatic nitrogens is 1. The zero-order chi connectivity index (χ0) is 12.4. The molecule has 1 atom stereocenters. The van der Waals surface area contributed by atoms with Gasteiger partial charge in [0.05, 0.1) is 12.8 Å². The lowest BCUT2D eigenvalue weighted by Gasteiger charge is -2.02. The molecule has 0 aliphatic rings. The van der Waals surface area contributed by atoms with Crippen molar-refractivity contribution >= 4 is 11.3 Å². The fourth-order valence-corrected chi connectivity index (χ4v) is 2.52. The number of hydrogen-bond acceptors (Lipinski definition) is 4. The van der Waals surface area contributed by atoms with E-state index >= 15 is 0 Å². The van der Waals surface area contributed by atoms with Gasteiger partial charge in [-0.3, -0.25) is 0 Å². The average molecular weight is 249 g/mol. The van der Waals surface area contributed by atoms with Crippen molar-refractivity contribution in [2.24, 2.45) is 0 Å². The van der Waals surface area contributed by atoms with Crippen LogP contribution >= 0.6 is 11.3 Å². The number of aliphatic hydroxyl groups is 1. The lowest BCUT2D eigenvalue weighted by atomic mass is 10.1. The molecular weight excluding hydrogens is 234 g/mol. The van der Waals surface area contributed by atoms with Crippen LogP contribution in [0, 0.1) is 6.92 Å². The second-order valence-corrected chi connectivity index (χ2v) is 5.10. The second kappa shape index (κ2) is 4.85. The molecular formula is C13H15NO2S. The molecule has 1 aromatic carbocycles. The van der Waals surface area contributed by atoms with Gasteiger partial charge >= 0.3 is 0 Å². The summed E-state index contributed by atoms with van der Waals surface area (Å²) in [6.45, 7) is 3.74. The fraction of sp³-hybridized carbons (Fsp3) is 0.308. The van der Waals surface area contributed by atoms with E-state index in [1.807, 2.05) is 31.2 Å². The minimum absolute atomic E-state index is 0.516. The van der Waals surface area contributed by atoms with Gasteiger partial charge in [-0.1, -0.05) is 12.1 Å². The van der Waals surface area contributed by atoms with E-state index in [0.717, 1.165) is 26.9 Å². The van der Waals surface area contributed by atoms with Crippen LogP contribution in [0.5, 0.6) is 5.75 Å². The summed E-state index contributed by atoms with van der Waals surface area (Å²) in [5, 5.41) is 10.3. The molecule has 0 saturated heterocycles. The highest BCUT2D eigenvalue weighted by atomic mass is 32.1. The number of thiazole rings is 1. The van der Waals surface area contributed by atoms with Gasteiger partial charge in [0.15, 0.2) is 0 Å². The van der Waals surface area contributed by atoms with Crippen molar-refractivity contribution in [3.8, 4) is 17.0 Å². The Kier molecular flexibility index (Phi) is 3.45. The Morgan fingerprint density at radius 3 is 2.76 bits per heavy atom. The molecule has 0 aliphatic carbocycles. The summed E-state index contributed by atoms with van der Waals surface area (Å²) in [5.41, 5.74) is 1.94. The predicted molar refractivity (Wildman–Crippen MR) is 69.5 cm³/mol. The lowest BCUT2D eigenvalue weighted by Crippen LogP contribution is -1.89. The third-order valence-corrected chi connectivity index (χ3v) is 3.65. The normalized spacial score (nSPS) is 12.5. The van der Waals surface area contributed by atoms with Crippen LogP contribution in [0.1, 0.15) is 22.9 Å². The van der Waals surface area contributed by atoms with E-state index in [1.54, 1.807) is 14.0 Å². The van der Waals surface area contributed by atoms with Gasteiger partial charge < -0.3 is 9.84 Å². The molecule has 0 amide bonds. The second-order valence-electron chi connectivity index (χ2n) is 3.86. The zero-order valence-electron chi connectivity index (χ0n) is 10.1. The Labute approximate surface area is 105 Å². The Balaban J connectivity index is 2.45. The highest BCUT2D eigenvalue weighted by Crippen LogP contribution is 2.31. The molecule has 3 nitrogen and oxygen atoms in total. The van der Waals surface area contributed by atoms with E-state index in [2.05, 4.69) is 4.98 Å². The predicted octanol–water partition coefficient (Wildman–Crippen LogP) is 3.18. The lowest BCUT2D eigenvalue weighted by molar-refractivity contribution is 0.199. The SMILES string of the molecule is COc1cccc(-c2nc(C(C)O)sc2C)c1. The minimum atomic E-state index is -0.516. The number of nitrogens with zero attached hydrogens (tertiary/aromatic N) is 1. The van der Waals surface area contributed by atoms with E-state index in [4.69, 9.17) is 4.74 Å². The maximum atomic E-state index is 9.53. The first kappa shape index (κ1) is 12.1.